The van der Waals surface area contributed by atoms with Crippen LogP contribution in [-0.2, 0) is 13.0 Å². The second-order valence-electron chi connectivity index (χ2n) is 6.59. The third-order valence-corrected chi connectivity index (χ3v) is 4.99. The Balaban J connectivity index is 1.80. The number of nitrogens with zero attached hydrogens (tertiary/aromatic N) is 2. The molecule has 21 heavy (non-hydrogen) atoms. The van der Waals surface area contributed by atoms with E-state index in [0.717, 1.165) is 43.1 Å². The maximum atomic E-state index is 12.3. The third-order valence-electron chi connectivity index (χ3n) is 4.99. The van der Waals surface area contributed by atoms with Gasteiger partial charge in [-0.2, -0.15) is 0 Å². The van der Waals surface area contributed by atoms with Crippen molar-refractivity contribution in [2.75, 3.05) is 13.1 Å². The van der Waals surface area contributed by atoms with Crippen molar-refractivity contribution in [1.29, 1.82) is 0 Å². The molecule has 2 heterocycles. The lowest BCUT2D eigenvalue weighted by molar-refractivity contribution is 0.244. The summed E-state index contributed by atoms with van der Waals surface area (Å²) in [6.45, 7) is 5.21. The van der Waals surface area contributed by atoms with Gasteiger partial charge in [0, 0.05) is 24.6 Å². The summed E-state index contributed by atoms with van der Waals surface area (Å²) in [5.74, 6) is 1.43. The molecule has 3 rings (SSSR count). The van der Waals surface area contributed by atoms with E-state index in [1.807, 2.05) is 0 Å². The van der Waals surface area contributed by atoms with Crippen LogP contribution in [0.4, 0.5) is 0 Å². The molecular weight excluding hydrogens is 262 g/mol. The monoisotopic (exact) mass is 289 g/mol. The van der Waals surface area contributed by atoms with E-state index in [1.165, 1.54) is 44.9 Å². The summed E-state index contributed by atoms with van der Waals surface area (Å²) in [4.78, 5) is 22.7. The lowest BCUT2D eigenvalue weighted by atomic mass is 9.88. The summed E-state index contributed by atoms with van der Waals surface area (Å²) in [7, 11) is 0. The van der Waals surface area contributed by atoms with Gasteiger partial charge in [-0.1, -0.05) is 32.6 Å². The second-order valence-corrected chi connectivity index (χ2v) is 6.59. The summed E-state index contributed by atoms with van der Waals surface area (Å²) in [5, 5.41) is 0. The predicted molar refractivity (Wildman–Crippen MR) is 84.6 cm³/mol. The highest BCUT2D eigenvalue weighted by atomic mass is 16.1. The zero-order valence-electron chi connectivity index (χ0n) is 13.2. The molecule has 1 fully saturated rings. The Hall–Kier alpha value is -1.16. The van der Waals surface area contributed by atoms with Crippen molar-refractivity contribution in [2.45, 2.75) is 70.8 Å². The Labute approximate surface area is 127 Å². The van der Waals surface area contributed by atoms with E-state index in [2.05, 4.69) is 16.8 Å². The number of hydrogen-bond acceptors (Lipinski definition) is 3. The molecule has 0 spiro atoms. The van der Waals surface area contributed by atoms with Gasteiger partial charge in [-0.25, -0.2) is 4.98 Å². The molecule has 1 aromatic heterocycles. The Bertz CT molecular complexity index is 531. The van der Waals surface area contributed by atoms with E-state index in [1.54, 1.807) is 0 Å². The largest absolute Gasteiger partial charge is 0.310 e. The average molecular weight is 289 g/mol. The molecule has 0 bridgehead atoms. The van der Waals surface area contributed by atoms with Crippen molar-refractivity contribution in [3.05, 3.63) is 27.4 Å². The van der Waals surface area contributed by atoms with E-state index in [4.69, 9.17) is 4.98 Å². The van der Waals surface area contributed by atoms with Crippen molar-refractivity contribution in [2.24, 2.45) is 0 Å². The molecule has 116 valence electrons. The minimum atomic E-state index is 0.121. The maximum absolute atomic E-state index is 12.3. The van der Waals surface area contributed by atoms with Crippen LogP contribution in [0, 0.1) is 0 Å². The highest BCUT2D eigenvalue weighted by Gasteiger charge is 2.24. The van der Waals surface area contributed by atoms with Gasteiger partial charge >= 0.3 is 0 Å². The van der Waals surface area contributed by atoms with Crippen LogP contribution in [0.5, 0.6) is 0 Å². The van der Waals surface area contributed by atoms with Crippen LogP contribution in [0.3, 0.4) is 0 Å². The number of hydrogen-bond donors (Lipinski definition) is 1. The molecule has 4 heteroatoms. The summed E-state index contributed by atoms with van der Waals surface area (Å²) >= 11 is 0. The predicted octanol–water partition coefficient (Wildman–Crippen LogP) is 2.98. The van der Waals surface area contributed by atoms with Gasteiger partial charge in [-0.05, 0) is 32.2 Å². The smallest absolute Gasteiger partial charge is 0.254 e. The third kappa shape index (κ3) is 3.37. The summed E-state index contributed by atoms with van der Waals surface area (Å²) in [6, 6.07) is 0. The molecule has 0 radical (unpaired) electrons. The molecule has 0 aromatic carbocycles. The minimum Gasteiger partial charge on any atom is -0.310 e. The molecule has 1 saturated carbocycles. The summed E-state index contributed by atoms with van der Waals surface area (Å²) < 4.78 is 0. The van der Waals surface area contributed by atoms with Crippen LogP contribution in [-0.4, -0.2) is 28.0 Å². The summed E-state index contributed by atoms with van der Waals surface area (Å²) in [6.07, 6.45) is 9.54. The van der Waals surface area contributed by atoms with Crippen molar-refractivity contribution < 1.29 is 0 Å². The van der Waals surface area contributed by atoms with Crippen LogP contribution in [0.25, 0.3) is 0 Å². The van der Waals surface area contributed by atoms with Crippen molar-refractivity contribution in [3.63, 3.8) is 0 Å². The second kappa shape index (κ2) is 6.73. The number of aromatic amines is 1. The number of rotatable bonds is 4. The van der Waals surface area contributed by atoms with Gasteiger partial charge in [0.15, 0.2) is 0 Å². The first-order valence-electron chi connectivity index (χ1n) is 8.62. The molecule has 4 nitrogen and oxygen atoms in total. The van der Waals surface area contributed by atoms with E-state index in [9.17, 15) is 4.79 Å². The first-order chi connectivity index (χ1) is 10.3. The molecule has 2 aliphatic rings. The molecule has 0 saturated heterocycles. The number of fused-ring (bicyclic) bond motifs is 1. The van der Waals surface area contributed by atoms with Crippen LogP contribution in [0.1, 0.15) is 74.9 Å². The van der Waals surface area contributed by atoms with E-state index in [0.29, 0.717) is 5.92 Å². The zero-order chi connectivity index (χ0) is 14.7. The molecule has 1 aliphatic carbocycles. The van der Waals surface area contributed by atoms with Crippen molar-refractivity contribution in [3.8, 4) is 0 Å². The van der Waals surface area contributed by atoms with Gasteiger partial charge in [0.25, 0.3) is 5.56 Å². The molecule has 0 amide bonds. The molecule has 1 N–H and O–H groups in total. The van der Waals surface area contributed by atoms with E-state index >= 15 is 0 Å². The Morgan fingerprint density at radius 1 is 1.29 bits per heavy atom. The molecule has 1 aliphatic heterocycles. The van der Waals surface area contributed by atoms with Crippen LogP contribution in [0.2, 0.25) is 0 Å². The van der Waals surface area contributed by atoms with Gasteiger partial charge < -0.3 is 4.98 Å². The van der Waals surface area contributed by atoms with Crippen molar-refractivity contribution >= 4 is 0 Å². The Morgan fingerprint density at radius 2 is 2.10 bits per heavy atom. The number of nitrogens with one attached hydrogen (secondary N) is 1. The van der Waals surface area contributed by atoms with Crippen LogP contribution >= 0.6 is 0 Å². The standard InChI is InChI=1S/C17H27N3O/c1-2-3-10-20-11-9-14-15(12-20)18-16(19-17(14)21)13-7-5-4-6-8-13/h13H,2-12H2,1H3,(H,18,19,21). The fourth-order valence-corrected chi connectivity index (χ4v) is 3.65. The average Bonchev–Trinajstić information content (AvgIpc) is 2.53. The Morgan fingerprint density at radius 3 is 2.86 bits per heavy atom. The summed E-state index contributed by atoms with van der Waals surface area (Å²) in [5.41, 5.74) is 2.10. The fourth-order valence-electron chi connectivity index (χ4n) is 3.65. The van der Waals surface area contributed by atoms with E-state index in [-0.39, 0.29) is 5.56 Å². The van der Waals surface area contributed by atoms with E-state index < -0.39 is 0 Å². The van der Waals surface area contributed by atoms with Crippen molar-refractivity contribution in [1.82, 2.24) is 14.9 Å². The zero-order valence-corrected chi connectivity index (χ0v) is 13.2. The number of aromatic nitrogens is 2. The fraction of sp³-hybridized carbons (Fsp3) is 0.765. The lowest BCUT2D eigenvalue weighted by Crippen LogP contribution is -2.36. The van der Waals surface area contributed by atoms with Gasteiger partial charge in [0.1, 0.15) is 5.82 Å². The van der Waals surface area contributed by atoms with Gasteiger partial charge in [0.05, 0.1) is 5.69 Å². The quantitative estimate of drug-likeness (QED) is 0.927. The number of unbranched alkanes of at least 4 members (excludes halogenated alkanes) is 1. The number of H-pyrrole nitrogens is 1. The lowest BCUT2D eigenvalue weighted by Gasteiger charge is -2.28. The maximum Gasteiger partial charge on any atom is 0.254 e. The molecule has 0 atom stereocenters. The SMILES string of the molecule is CCCCN1CCc2c(nc(C3CCCCC3)[nH]c2=O)C1. The first-order valence-corrected chi connectivity index (χ1v) is 8.62. The highest BCUT2D eigenvalue weighted by Crippen LogP contribution is 2.30. The normalized spacial score (nSPS) is 20.4. The van der Waals surface area contributed by atoms with Gasteiger partial charge in [-0.3, -0.25) is 9.69 Å². The highest BCUT2D eigenvalue weighted by molar-refractivity contribution is 5.22. The molecular formula is C17H27N3O. The van der Waals surface area contributed by atoms with Gasteiger partial charge in [0.2, 0.25) is 0 Å². The minimum absolute atomic E-state index is 0.121. The first kappa shape index (κ1) is 14.8. The van der Waals surface area contributed by atoms with Gasteiger partial charge in [-0.15, -0.1) is 0 Å². The topological polar surface area (TPSA) is 49.0 Å². The molecule has 0 unspecified atom stereocenters. The molecule has 1 aromatic rings. The van der Waals surface area contributed by atoms with Crippen LogP contribution in [0.15, 0.2) is 4.79 Å². The van der Waals surface area contributed by atoms with Crippen LogP contribution < -0.4 is 5.56 Å². The Kier molecular flexibility index (Phi) is 4.73.